The van der Waals surface area contributed by atoms with Gasteiger partial charge in [-0.25, -0.2) is 0 Å². The fourth-order valence-electron chi connectivity index (χ4n) is 4.28. The van der Waals surface area contributed by atoms with Crippen molar-refractivity contribution in [2.45, 2.75) is 58.5 Å². The van der Waals surface area contributed by atoms with Crippen molar-refractivity contribution in [3.63, 3.8) is 0 Å². The number of benzene rings is 1. The minimum absolute atomic E-state index is 0.313. The van der Waals surface area contributed by atoms with Gasteiger partial charge in [0.15, 0.2) is 0 Å². The summed E-state index contributed by atoms with van der Waals surface area (Å²) < 4.78 is 0. The van der Waals surface area contributed by atoms with E-state index in [9.17, 15) is 0 Å². The van der Waals surface area contributed by atoms with Gasteiger partial charge in [0.05, 0.1) is 5.82 Å². The molecule has 0 spiro atoms. The van der Waals surface area contributed by atoms with E-state index in [2.05, 4.69) is 67.1 Å². The highest BCUT2D eigenvalue weighted by Gasteiger charge is 2.23. The smallest absolute Gasteiger partial charge is 0.0919 e. The lowest BCUT2D eigenvalue weighted by Gasteiger charge is -2.33. The molecule has 1 atom stereocenters. The van der Waals surface area contributed by atoms with E-state index < -0.39 is 0 Å². The van der Waals surface area contributed by atoms with Gasteiger partial charge in [0.1, 0.15) is 0 Å². The first-order valence-corrected chi connectivity index (χ1v) is 9.80. The molecular formula is C22H33N3. The molecule has 0 aromatic heterocycles. The maximum Gasteiger partial charge on any atom is 0.0919 e. The molecule has 0 bridgehead atoms. The molecule has 0 radical (unpaired) electrons. The summed E-state index contributed by atoms with van der Waals surface area (Å²) in [6.45, 7) is 14.6. The van der Waals surface area contributed by atoms with Gasteiger partial charge < -0.3 is 15.5 Å². The SMILES string of the molecule is C=C(NC1CCN(CCC)CC1)NC(C)C1=C(C)c2ccccc2C1. The lowest BCUT2D eigenvalue weighted by atomic mass is 10.0. The van der Waals surface area contributed by atoms with E-state index >= 15 is 0 Å². The Labute approximate surface area is 153 Å². The van der Waals surface area contributed by atoms with Crippen LogP contribution < -0.4 is 10.6 Å². The summed E-state index contributed by atoms with van der Waals surface area (Å²) in [6, 6.07) is 9.62. The quantitative estimate of drug-likeness (QED) is 0.788. The number of piperidine rings is 1. The molecule has 1 heterocycles. The van der Waals surface area contributed by atoms with Crippen molar-refractivity contribution in [3.05, 3.63) is 53.4 Å². The molecule has 3 heteroatoms. The Morgan fingerprint density at radius 1 is 1.28 bits per heavy atom. The van der Waals surface area contributed by atoms with Crippen LogP contribution in [0.25, 0.3) is 5.57 Å². The van der Waals surface area contributed by atoms with Crippen LogP contribution in [0.3, 0.4) is 0 Å². The Bertz CT molecular complexity index is 638. The van der Waals surface area contributed by atoms with Gasteiger partial charge in [0.25, 0.3) is 0 Å². The minimum Gasteiger partial charge on any atom is -0.370 e. The van der Waals surface area contributed by atoms with Gasteiger partial charge >= 0.3 is 0 Å². The molecule has 2 N–H and O–H groups in total. The van der Waals surface area contributed by atoms with Crippen molar-refractivity contribution in [2.75, 3.05) is 19.6 Å². The average molecular weight is 340 g/mol. The van der Waals surface area contributed by atoms with Crippen molar-refractivity contribution in [1.82, 2.24) is 15.5 Å². The number of rotatable bonds is 7. The Morgan fingerprint density at radius 2 is 2.00 bits per heavy atom. The monoisotopic (exact) mass is 339 g/mol. The van der Waals surface area contributed by atoms with E-state index in [4.69, 9.17) is 0 Å². The predicted molar refractivity (Wildman–Crippen MR) is 107 cm³/mol. The largest absolute Gasteiger partial charge is 0.370 e. The molecule has 1 aromatic carbocycles. The molecule has 1 unspecified atom stereocenters. The number of allylic oxidation sites excluding steroid dienone is 1. The average Bonchev–Trinajstić information content (AvgIpc) is 2.94. The van der Waals surface area contributed by atoms with Crippen molar-refractivity contribution in [3.8, 4) is 0 Å². The molecule has 2 aliphatic rings. The highest BCUT2D eigenvalue weighted by Crippen LogP contribution is 2.33. The third kappa shape index (κ3) is 4.27. The molecule has 1 aliphatic heterocycles. The van der Waals surface area contributed by atoms with E-state index in [1.165, 1.54) is 61.2 Å². The summed E-state index contributed by atoms with van der Waals surface area (Å²) in [5.41, 5.74) is 5.77. The Hall–Kier alpha value is -1.74. The highest BCUT2D eigenvalue weighted by molar-refractivity contribution is 5.75. The van der Waals surface area contributed by atoms with Gasteiger partial charge in [-0.2, -0.15) is 0 Å². The molecule has 0 saturated carbocycles. The number of nitrogens with zero attached hydrogens (tertiary/aromatic N) is 1. The molecule has 1 aromatic rings. The van der Waals surface area contributed by atoms with Crippen molar-refractivity contribution in [2.24, 2.45) is 0 Å². The van der Waals surface area contributed by atoms with Crippen LogP contribution in [0.4, 0.5) is 0 Å². The molecule has 3 nitrogen and oxygen atoms in total. The first-order chi connectivity index (χ1) is 12.1. The minimum atomic E-state index is 0.313. The van der Waals surface area contributed by atoms with Crippen molar-refractivity contribution in [1.29, 1.82) is 0 Å². The highest BCUT2D eigenvalue weighted by atomic mass is 15.2. The third-order valence-corrected chi connectivity index (χ3v) is 5.70. The van der Waals surface area contributed by atoms with Crippen LogP contribution in [-0.4, -0.2) is 36.6 Å². The Morgan fingerprint density at radius 3 is 2.68 bits per heavy atom. The lowest BCUT2D eigenvalue weighted by Crippen LogP contribution is -2.45. The zero-order valence-electron chi connectivity index (χ0n) is 16.1. The second-order valence-electron chi connectivity index (χ2n) is 7.59. The number of nitrogens with one attached hydrogen (secondary N) is 2. The summed E-state index contributed by atoms with van der Waals surface area (Å²) in [4.78, 5) is 2.57. The number of fused-ring (bicyclic) bond motifs is 1. The van der Waals surface area contributed by atoms with E-state index in [0.29, 0.717) is 12.1 Å². The van der Waals surface area contributed by atoms with Gasteiger partial charge in [-0.1, -0.05) is 37.8 Å². The van der Waals surface area contributed by atoms with Crippen LogP contribution in [0.5, 0.6) is 0 Å². The first kappa shape index (κ1) is 18.1. The molecular weight excluding hydrogens is 306 g/mol. The van der Waals surface area contributed by atoms with Gasteiger partial charge in [-0.3, -0.25) is 0 Å². The Kier molecular flexibility index (Phi) is 5.85. The van der Waals surface area contributed by atoms with Crippen molar-refractivity contribution >= 4 is 5.57 Å². The van der Waals surface area contributed by atoms with Gasteiger partial charge in [-0.15, -0.1) is 0 Å². The maximum absolute atomic E-state index is 4.23. The number of hydrogen-bond donors (Lipinski definition) is 2. The molecule has 1 saturated heterocycles. The second-order valence-corrected chi connectivity index (χ2v) is 7.59. The molecule has 3 rings (SSSR count). The summed E-state index contributed by atoms with van der Waals surface area (Å²) in [5.74, 6) is 0.970. The van der Waals surface area contributed by atoms with Crippen LogP contribution in [0.15, 0.2) is 42.2 Å². The van der Waals surface area contributed by atoms with E-state index in [1.807, 2.05) is 0 Å². The molecule has 1 fully saturated rings. The first-order valence-electron chi connectivity index (χ1n) is 9.80. The summed E-state index contributed by atoms with van der Waals surface area (Å²) in [6.07, 6.45) is 4.73. The normalized spacial score (nSPS) is 19.6. The third-order valence-electron chi connectivity index (χ3n) is 5.70. The van der Waals surface area contributed by atoms with Crippen LogP contribution >= 0.6 is 0 Å². The number of hydrogen-bond acceptors (Lipinski definition) is 3. The molecule has 0 amide bonds. The Balaban J connectivity index is 1.50. The predicted octanol–water partition coefficient (Wildman–Crippen LogP) is 3.93. The van der Waals surface area contributed by atoms with Crippen molar-refractivity contribution < 1.29 is 0 Å². The van der Waals surface area contributed by atoms with Crippen LogP contribution in [0.1, 0.15) is 51.2 Å². The number of likely N-dealkylation sites (tertiary alicyclic amines) is 1. The van der Waals surface area contributed by atoms with E-state index in [1.54, 1.807) is 0 Å². The van der Waals surface area contributed by atoms with Gasteiger partial charge in [0, 0.05) is 25.2 Å². The summed E-state index contributed by atoms with van der Waals surface area (Å²) in [7, 11) is 0. The summed E-state index contributed by atoms with van der Waals surface area (Å²) >= 11 is 0. The van der Waals surface area contributed by atoms with Gasteiger partial charge in [-0.05, 0) is 68.3 Å². The molecule has 25 heavy (non-hydrogen) atoms. The summed E-state index contributed by atoms with van der Waals surface area (Å²) in [5, 5.41) is 7.21. The standard InChI is InChI=1S/C22H33N3/c1-5-12-25-13-10-20(11-14-25)24-18(4)23-17(3)22-15-19-8-6-7-9-21(19)16(22)2/h6-9,17,20,23-24H,4-5,10-15H2,1-3H3. The van der Waals surface area contributed by atoms with Crippen LogP contribution in [-0.2, 0) is 6.42 Å². The maximum atomic E-state index is 4.23. The molecule has 136 valence electrons. The second kappa shape index (κ2) is 8.09. The van der Waals surface area contributed by atoms with E-state index in [0.717, 1.165) is 12.2 Å². The van der Waals surface area contributed by atoms with Crippen LogP contribution in [0.2, 0.25) is 0 Å². The van der Waals surface area contributed by atoms with Gasteiger partial charge in [0.2, 0.25) is 0 Å². The van der Waals surface area contributed by atoms with Crippen LogP contribution in [0, 0.1) is 0 Å². The fraction of sp³-hybridized carbons (Fsp3) is 0.545. The zero-order valence-corrected chi connectivity index (χ0v) is 16.1. The van der Waals surface area contributed by atoms with E-state index in [-0.39, 0.29) is 0 Å². The molecule has 1 aliphatic carbocycles. The zero-order chi connectivity index (χ0) is 17.8. The topological polar surface area (TPSA) is 27.3 Å². The lowest BCUT2D eigenvalue weighted by molar-refractivity contribution is 0.201. The fourth-order valence-corrected chi connectivity index (χ4v) is 4.28.